The highest BCUT2D eigenvalue weighted by atomic mass is 16.5. The average molecular weight is 342 g/mol. The van der Waals surface area contributed by atoms with Crippen LogP contribution in [0.15, 0.2) is 54.6 Å². The van der Waals surface area contributed by atoms with Crippen molar-refractivity contribution in [3.63, 3.8) is 0 Å². The highest BCUT2D eigenvalue weighted by molar-refractivity contribution is 5.73. The zero-order valence-corrected chi connectivity index (χ0v) is 14.6. The first-order chi connectivity index (χ1) is 12.2. The molecule has 0 radical (unpaired) electrons. The third-order valence-corrected chi connectivity index (χ3v) is 4.14. The molecule has 1 unspecified atom stereocenters. The molecule has 0 aliphatic rings. The van der Waals surface area contributed by atoms with E-state index in [-0.39, 0.29) is 18.6 Å². The van der Waals surface area contributed by atoms with Gasteiger partial charge in [-0.25, -0.2) is 4.79 Å². The summed E-state index contributed by atoms with van der Waals surface area (Å²) in [5, 5.41) is 15.0. The Hall–Kier alpha value is -2.53. The zero-order valence-electron chi connectivity index (χ0n) is 14.6. The number of ether oxygens (including phenoxy) is 1. The summed E-state index contributed by atoms with van der Waals surface area (Å²) in [4.78, 5) is 11.9. The van der Waals surface area contributed by atoms with Gasteiger partial charge in [0.05, 0.1) is 7.11 Å². The summed E-state index contributed by atoms with van der Waals surface area (Å²) < 4.78 is 5.11. The van der Waals surface area contributed by atoms with Gasteiger partial charge in [-0.1, -0.05) is 42.5 Å². The fourth-order valence-electron chi connectivity index (χ4n) is 2.71. The van der Waals surface area contributed by atoms with Crippen molar-refractivity contribution >= 4 is 6.03 Å². The number of amides is 2. The van der Waals surface area contributed by atoms with Crippen molar-refractivity contribution in [2.24, 2.45) is 0 Å². The Morgan fingerprint density at radius 1 is 1.04 bits per heavy atom. The lowest BCUT2D eigenvalue weighted by Crippen LogP contribution is -2.36. The summed E-state index contributed by atoms with van der Waals surface area (Å²) in [6.07, 6.45) is 1.49. The Balaban J connectivity index is 1.73. The van der Waals surface area contributed by atoms with E-state index < -0.39 is 0 Å². The van der Waals surface area contributed by atoms with Crippen LogP contribution in [0.5, 0.6) is 5.75 Å². The maximum atomic E-state index is 11.9. The monoisotopic (exact) mass is 342 g/mol. The van der Waals surface area contributed by atoms with Crippen LogP contribution >= 0.6 is 0 Å². The predicted molar refractivity (Wildman–Crippen MR) is 98.7 cm³/mol. The average Bonchev–Trinajstić information content (AvgIpc) is 2.67. The Kier molecular flexibility index (Phi) is 7.79. The lowest BCUT2D eigenvalue weighted by Gasteiger charge is -2.17. The van der Waals surface area contributed by atoms with Crippen molar-refractivity contribution in [3.8, 4) is 5.75 Å². The number of methoxy groups -OCH3 is 1. The number of hydrogen-bond acceptors (Lipinski definition) is 3. The molecule has 2 amide bonds. The van der Waals surface area contributed by atoms with E-state index in [0.717, 1.165) is 17.7 Å². The first kappa shape index (κ1) is 18.8. The Bertz CT molecular complexity index is 629. The summed E-state index contributed by atoms with van der Waals surface area (Å²) in [7, 11) is 1.63. The second kappa shape index (κ2) is 10.4. The van der Waals surface area contributed by atoms with Crippen LogP contribution in [0.4, 0.5) is 4.79 Å². The number of hydrogen-bond donors (Lipinski definition) is 3. The van der Waals surface area contributed by atoms with Gasteiger partial charge >= 0.3 is 6.03 Å². The van der Waals surface area contributed by atoms with Crippen molar-refractivity contribution in [2.45, 2.75) is 25.3 Å². The Morgan fingerprint density at radius 3 is 2.40 bits per heavy atom. The molecular formula is C20H26N2O3. The van der Waals surface area contributed by atoms with E-state index >= 15 is 0 Å². The van der Waals surface area contributed by atoms with E-state index in [9.17, 15) is 9.90 Å². The van der Waals surface area contributed by atoms with Gasteiger partial charge in [-0.05, 0) is 42.0 Å². The molecule has 0 heterocycles. The second-order valence-corrected chi connectivity index (χ2v) is 5.87. The molecule has 0 fully saturated rings. The molecule has 0 saturated heterocycles. The minimum absolute atomic E-state index is 0.142. The lowest BCUT2D eigenvalue weighted by atomic mass is 9.93. The predicted octanol–water partition coefficient (Wildman–Crippen LogP) is 3.05. The maximum Gasteiger partial charge on any atom is 0.315 e. The molecule has 1 atom stereocenters. The zero-order chi connectivity index (χ0) is 17.9. The molecule has 25 heavy (non-hydrogen) atoms. The van der Waals surface area contributed by atoms with Crippen molar-refractivity contribution in [2.75, 3.05) is 20.3 Å². The SMILES string of the molecule is COc1ccc(CNC(=O)NCCC(CCO)c2ccccc2)cc1. The van der Waals surface area contributed by atoms with Crippen LogP contribution in [0.25, 0.3) is 0 Å². The smallest absolute Gasteiger partial charge is 0.315 e. The van der Waals surface area contributed by atoms with E-state index in [0.29, 0.717) is 19.5 Å². The standard InChI is InChI=1S/C20H26N2O3/c1-25-19-9-7-16(8-10-19)15-22-20(24)21-13-11-18(12-14-23)17-5-3-2-4-6-17/h2-10,18,23H,11-15H2,1H3,(H2,21,22,24). The van der Waals surface area contributed by atoms with Crippen molar-refractivity contribution in [3.05, 3.63) is 65.7 Å². The minimum Gasteiger partial charge on any atom is -0.497 e. The fraction of sp³-hybridized carbons (Fsp3) is 0.350. The van der Waals surface area contributed by atoms with Gasteiger partial charge in [0, 0.05) is 19.7 Å². The number of aliphatic hydroxyl groups excluding tert-OH is 1. The third kappa shape index (κ3) is 6.47. The van der Waals surface area contributed by atoms with Gasteiger partial charge in [0.1, 0.15) is 5.75 Å². The molecular weight excluding hydrogens is 316 g/mol. The first-order valence-electron chi connectivity index (χ1n) is 8.53. The highest BCUT2D eigenvalue weighted by Gasteiger charge is 2.11. The summed E-state index contributed by atoms with van der Waals surface area (Å²) in [5.41, 5.74) is 2.20. The fourth-order valence-corrected chi connectivity index (χ4v) is 2.71. The van der Waals surface area contributed by atoms with E-state index in [1.165, 1.54) is 5.56 Å². The molecule has 2 rings (SSSR count). The van der Waals surface area contributed by atoms with Crippen LogP contribution in [-0.4, -0.2) is 31.4 Å². The highest BCUT2D eigenvalue weighted by Crippen LogP contribution is 2.22. The normalized spacial score (nSPS) is 11.6. The molecule has 0 bridgehead atoms. The van der Waals surface area contributed by atoms with Crippen LogP contribution in [0.3, 0.4) is 0 Å². The number of carbonyl (C=O) groups is 1. The van der Waals surface area contributed by atoms with Gasteiger partial charge in [0.2, 0.25) is 0 Å². The number of aliphatic hydroxyl groups is 1. The molecule has 0 aliphatic carbocycles. The quantitative estimate of drug-likeness (QED) is 0.656. The molecule has 0 aliphatic heterocycles. The molecule has 2 aromatic carbocycles. The second-order valence-electron chi connectivity index (χ2n) is 5.87. The summed E-state index contributed by atoms with van der Waals surface area (Å²) in [6.45, 7) is 1.17. The molecule has 3 N–H and O–H groups in total. The van der Waals surface area contributed by atoms with Gasteiger partial charge in [0.15, 0.2) is 0 Å². The van der Waals surface area contributed by atoms with Crippen LogP contribution in [0, 0.1) is 0 Å². The van der Waals surface area contributed by atoms with Crippen molar-refractivity contribution < 1.29 is 14.6 Å². The molecule has 5 heteroatoms. The van der Waals surface area contributed by atoms with Gasteiger partial charge in [-0.15, -0.1) is 0 Å². The maximum absolute atomic E-state index is 11.9. The van der Waals surface area contributed by atoms with Gasteiger partial charge in [-0.2, -0.15) is 0 Å². The number of carbonyl (C=O) groups excluding carboxylic acids is 1. The molecule has 0 saturated carbocycles. The van der Waals surface area contributed by atoms with E-state index in [1.54, 1.807) is 7.11 Å². The van der Waals surface area contributed by atoms with Crippen LogP contribution in [-0.2, 0) is 6.54 Å². The van der Waals surface area contributed by atoms with E-state index in [4.69, 9.17) is 4.74 Å². The first-order valence-corrected chi connectivity index (χ1v) is 8.53. The Morgan fingerprint density at radius 2 is 1.76 bits per heavy atom. The van der Waals surface area contributed by atoms with Gasteiger partial charge in [-0.3, -0.25) is 0 Å². The molecule has 2 aromatic rings. The van der Waals surface area contributed by atoms with Gasteiger partial charge in [0.25, 0.3) is 0 Å². The van der Waals surface area contributed by atoms with Gasteiger partial charge < -0.3 is 20.5 Å². The van der Waals surface area contributed by atoms with E-state index in [2.05, 4.69) is 22.8 Å². The summed E-state index contributed by atoms with van der Waals surface area (Å²) in [6, 6.07) is 17.5. The largest absolute Gasteiger partial charge is 0.497 e. The van der Waals surface area contributed by atoms with Crippen molar-refractivity contribution in [1.82, 2.24) is 10.6 Å². The molecule has 0 aromatic heterocycles. The topological polar surface area (TPSA) is 70.6 Å². The van der Waals surface area contributed by atoms with Crippen LogP contribution in [0.1, 0.15) is 29.9 Å². The molecule has 0 spiro atoms. The molecule has 134 valence electrons. The Labute approximate surface area is 149 Å². The number of nitrogens with one attached hydrogen (secondary N) is 2. The minimum atomic E-state index is -0.188. The number of urea groups is 1. The summed E-state index contributed by atoms with van der Waals surface area (Å²) in [5.74, 6) is 1.04. The summed E-state index contributed by atoms with van der Waals surface area (Å²) >= 11 is 0. The third-order valence-electron chi connectivity index (χ3n) is 4.14. The van der Waals surface area contributed by atoms with Crippen LogP contribution < -0.4 is 15.4 Å². The molecule has 5 nitrogen and oxygen atoms in total. The number of rotatable bonds is 9. The lowest BCUT2D eigenvalue weighted by molar-refractivity contribution is 0.239. The van der Waals surface area contributed by atoms with Crippen molar-refractivity contribution in [1.29, 1.82) is 0 Å². The van der Waals surface area contributed by atoms with E-state index in [1.807, 2.05) is 42.5 Å². The number of benzene rings is 2. The van der Waals surface area contributed by atoms with Crippen LogP contribution in [0.2, 0.25) is 0 Å².